The quantitative estimate of drug-likeness (QED) is 0.917. The first-order valence-corrected chi connectivity index (χ1v) is 8.06. The summed E-state index contributed by atoms with van der Waals surface area (Å²) in [5.41, 5.74) is 2.89. The third-order valence-corrected chi connectivity index (χ3v) is 4.11. The summed E-state index contributed by atoms with van der Waals surface area (Å²) in [6.45, 7) is 1.54. The number of nitrogens with zero attached hydrogens (tertiary/aromatic N) is 1. The van der Waals surface area contributed by atoms with Crippen LogP contribution in [0.4, 0.5) is 11.4 Å². The second-order valence-corrected chi connectivity index (χ2v) is 5.85. The van der Waals surface area contributed by atoms with Gasteiger partial charge >= 0.3 is 0 Å². The smallest absolute Gasteiger partial charge is 0.224 e. The Hall–Kier alpha value is -2.69. The van der Waals surface area contributed by atoms with E-state index in [-0.39, 0.29) is 5.91 Å². The zero-order valence-electron chi connectivity index (χ0n) is 14.0. The monoisotopic (exact) mass is 326 g/mol. The third kappa shape index (κ3) is 3.79. The lowest BCUT2D eigenvalue weighted by molar-refractivity contribution is -0.116. The molecule has 0 fully saturated rings. The molecule has 0 aromatic heterocycles. The van der Waals surface area contributed by atoms with Gasteiger partial charge in [0, 0.05) is 19.2 Å². The van der Waals surface area contributed by atoms with Gasteiger partial charge in [-0.25, -0.2) is 0 Å². The molecule has 1 N–H and O–H groups in total. The Morgan fingerprint density at radius 1 is 1.29 bits per heavy atom. The van der Waals surface area contributed by atoms with Crippen LogP contribution in [0.1, 0.15) is 12.0 Å². The molecule has 0 saturated carbocycles. The fourth-order valence-electron chi connectivity index (χ4n) is 2.74. The lowest BCUT2D eigenvalue weighted by Gasteiger charge is -2.28. The number of benzene rings is 2. The molecule has 3 rings (SSSR count). The molecule has 1 aliphatic rings. The molecular formula is C19H22N2O3. The summed E-state index contributed by atoms with van der Waals surface area (Å²) in [4.78, 5) is 14.3. The van der Waals surface area contributed by atoms with Crippen molar-refractivity contribution in [2.24, 2.45) is 0 Å². The van der Waals surface area contributed by atoms with Crippen LogP contribution in [-0.4, -0.2) is 33.2 Å². The highest BCUT2D eigenvalue weighted by Crippen LogP contribution is 2.33. The van der Waals surface area contributed by atoms with E-state index in [1.165, 1.54) is 0 Å². The summed E-state index contributed by atoms with van der Waals surface area (Å²) in [6, 6.07) is 13.5. The fourth-order valence-corrected chi connectivity index (χ4v) is 2.74. The van der Waals surface area contributed by atoms with Gasteiger partial charge < -0.3 is 19.7 Å². The average molecular weight is 326 g/mol. The van der Waals surface area contributed by atoms with Crippen LogP contribution in [0.2, 0.25) is 0 Å². The minimum atomic E-state index is -0.00264. The predicted molar refractivity (Wildman–Crippen MR) is 95.2 cm³/mol. The van der Waals surface area contributed by atoms with Crippen molar-refractivity contribution in [3.05, 3.63) is 48.0 Å². The molecule has 0 atom stereocenters. The summed E-state index contributed by atoms with van der Waals surface area (Å²) in [5.74, 6) is 1.67. The van der Waals surface area contributed by atoms with Crippen LogP contribution < -0.4 is 19.7 Å². The Morgan fingerprint density at radius 3 is 3.00 bits per heavy atom. The Kier molecular flexibility index (Phi) is 4.89. The largest absolute Gasteiger partial charge is 0.497 e. The first-order chi connectivity index (χ1) is 11.7. The zero-order valence-corrected chi connectivity index (χ0v) is 14.0. The lowest BCUT2D eigenvalue weighted by atomic mass is 10.1. The molecule has 0 spiro atoms. The first kappa shape index (κ1) is 16.2. The maximum Gasteiger partial charge on any atom is 0.224 e. The number of carbonyl (C=O) groups excluding carboxylic acids is 1. The molecule has 0 bridgehead atoms. The molecule has 2 aromatic rings. The van der Waals surface area contributed by atoms with E-state index in [1.807, 2.05) is 49.5 Å². The number of methoxy groups -OCH3 is 1. The van der Waals surface area contributed by atoms with Crippen LogP contribution in [0.15, 0.2) is 42.5 Å². The van der Waals surface area contributed by atoms with Crippen molar-refractivity contribution in [1.29, 1.82) is 0 Å². The second-order valence-electron chi connectivity index (χ2n) is 5.85. The standard InChI is InChI=1S/C19H22N2O3/c1-21-10-11-24-18-8-7-15(13-17(18)21)20-19(22)9-6-14-4-3-5-16(12-14)23-2/h3-5,7-8,12-13H,6,9-11H2,1-2H3,(H,20,22). The fraction of sp³-hybridized carbons (Fsp3) is 0.316. The van der Waals surface area contributed by atoms with Gasteiger partial charge in [0.2, 0.25) is 5.91 Å². The van der Waals surface area contributed by atoms with Crippen LogP contribution >= 0.6 is 0 Å². The van der Waals surface area contributed by atoms with E-state index in [0.29, 0.717) is 19.4 Å². The number of nitrogens with one attached hydrogen (secondary N) is 1. The maximum atomic E-state index is 12.2. The first-order valence-electron chi connectivity index (χ1n) is 8.06. The molecule has 0 unspecified atom stereocenters. The molecule has 0 saturated heterocycles. The van der Waals surface area contributed by atoms with Crippen molar-refractivity contribution in [1.82, 2.24) is 0 Å². The number of fused-ring (bicyclic) bond motifs is 1. The van der Waals surface area contributed by atoms with E-state index in [9.17, 15) is 4.79 Å². The van der Waals surface area contributed by atoms with Crippen LogP contribution in [0.25, 0.3) is 0 Å². The number of aryl methyl sites for hydroxylation is 1. The van der Waals surface area contributed by atoms with Gasteiger partial charge in [-0.2, -0.15) is 0 Å². The highest BCUT2D eigenvalue weighted by atomic mass is 16.5. The Bertz CT molecular complexity index is 730. The van der Waals surface area contributed by atoms with E-state index >= 15 is 0 Å². The van der Waals surface area contributed by atoms with Gasteiger partial charge in [-0.05, 0) is 42.3 Å². The molecule has 0 radical (unpaired) electrons. The zero-order chi connectivity index (χ0) is 16.9. The molecular weight excluding hydrogens is 304 g/mol. The van der Waals surface area contributed by atoms with E-state index in [2.05, 4.69) is 10.2 Å². The second kappa shape index (κ2) is 7.25. The summed E-state index contributed by atoms with van der Waals surface area (Å²) >= 11 is 0. The molecule has 1 aliphatic heterocycles. The van der Waals surface area contributed by atoms with Crippen molar-refractivity contribution in [3.8, 4) is 11.5 Å². The molecule has 2 aromatic carbocycles. The van der Waals surface area contributed by atoms with Crippen molar-refractivity contribution < 1.29 is 14.3 Å². The van der Waals surface area contributed by atoms with Gasteiger partial charge in [-0.15, -0.1) is 0 Å². The minimum absolute atomic E-state index is 0.00264. The van der Waals surface area contributed by atoms with Crippen LogP contribution in [0.3, 0.4) is 0 Å². The van der Waals surface area contributed by atoms with Crippen molar-refractivity contribution in [2.75, 3.05) is 37.5 Å². The van der Waals surface area contributed by atoms with Crippen LogP contribution in [-0.2, 0) is 11.2 Å². The van der Waals surface area contributed by atoms with E-state index in [1.54, 1.807) is 7.11 Å². The molecule has 1 amide bonds. The average Bonchev–Trinajstić information content (AvgIpc) is 2.61. The van der Waals surface area contributed by atoms with Crippen LogP contribution in [0, 0.1) is 0 Å². The summed E-state index contributed by atoms with van der Waals surface area (Å²) in [5, 5.41) is 2.96. The number of amides is 1. The highest BCUT2D eigenvalue weighted by Gasteiger charge is 2.15. The number of carbonyl (C=O) groups is 1. The number of rotatable bonds is 5. The Labute approximate surface area is 142 Å². The molecule has 24 heavy (non-hydrogen) atoms. The van der Waals surface area contributed by atoms with Crippen molar-refractivity contribution in [2.45, 2.75) is 12.8 Å². The van der Waals surface area contributed by atoms with Crippen molar-refractivity contribution in [3.63, 3.8) is 0 Å². The molecule has 126 valence electrons. The van der Waals surface area contributed by atoms with Gasteiger partial charge in [0.25, 0.3) is 0 Å². The summed E-state index contributed by atoms with van der Waals surface area (Å²) in [7, 11) is 3.67. The number of likely N-dealkylation sites (N-methyl/N-ethyl adjacent to an activating group) is 1. The SMILES string of the molecule is COc1cccc(CCC(=O)Nc2ccc3c(c2)N(C)CCO3)c1. The summed E-state index contributed by atoms with van der Waals surface area (Å²) in [6.07, 6.45) is 1.10. The van der Waals surface area contributed by atoms with Crippen LogP contribution in [0.5, 0.6) is 11.5 Å². The normalized spacial score (nSPS) is 13.0. The number of ether oxygens (including phenoxy) is 2. The molecule has 1 heterocycles. The number of anilines is 2. The minimum Gasteiger partial charge on any atom is -0.497 e. The Morgan fingerprint density at radius 2 is 2.17 bits per heavy atom. The number of hydrogen-bond acceptors (Lipinski definition) is 4. The lowest BCUT2D eigenvalue weighted by Crippen LogP contribution is -2.28. The van der Waals surface area contributed by atoms with Gasteiger partial charge in [0.05, 0.1) is 19.3 Å². The van der Waals surface area contributed by atoms with Gasteiger partial charge in [-0.3, -0.25) is 4.79 Å². The van der Waals surface area contributed by atoms with Gasteiger partial charge in [-0.1, -0.05) is 12.1 Å². The van der Waals surface area contributed by atoms with Crippen molar-refractivity contribution >= 4 is 17.3 Å². The van der Waals surface area contributed by atoms with E-state index in [4.69, 9.17) is 9.47 Å². The number of hydrogen-bond donors (Lipinski definition) is 1. The maximum absolute atomic E-state index is 12.2. The summed E-state index contributed by atoms with van der Waals surface area (Å²) < 4.78 is 10.8. The third-order valence-electron chi connectivity index (χ3n) is 4.11. The van der Waals surface area contributed by atoms with Gasteiger partial charge in [0.1, 0.15) is 18.1 Å². The predicted octanol–water partition coefficient (Wildman–Crippen LogP) is 3.10. The topological polar surface area (TPSA) is 50.8 Å². The Balaban J connectivity index is 1.59. The van der Waals surface area contributed by atoms with Gasteiger partial charge in [0.15, 0.2) is 0 Å². The molecule has 5 heteroatoms. The highest BCUT2D eigenvalue weighted by molar-refractivity contribution is 5.91. The van der Waals surface area contributed by atoms with E-state index < -0.39 is 0 Å². The van der Waals surface area contributed by atoms with E-state index in [0.717, 1.165) is 35.0 Å². The molecule has 5 nitrogen and oxygen atoms in total. The molecule has 0 aliphatic carbocycles.